The fraction of sp³-hybridized carbons (Fsp3) is 1.00. The molecule has 0 bridgehead atoms. The van der Waals surface area contributed by atoms with E-state index >= 15 is 0 Å². The van der Waals surface area contributed by atoms with Crippen molar-refractivity contribution in [3.63, 3.8) is 0 Å². The van der Waals surface area contributed by atoms with E-state index in [0.29, 0.717) is 12.2 Å². The molecule has 1 aliphatic heterocycles. The Morgan fingerprint density at radius 1 is 1.33 bits per heavy atom. The predicted octanol–water partition coefficient (Wildman–Crippen LogP) is 2.86. The quantitative estimate of drug-likeness (QED) is 0.668. The average molecular weight is 212 g/mol. The average Bonchev–Trinajstić information content (AvgIpc) is 2.97. The summed E-state index contributed by atoms with van der Waals surface area (Å²) in [7, 11) is 0. The van der Waals surface area contributed by atoms with Gasteiger partial charge in [-0.25, -0.2) is 0 Å². The van der Waals surface area contributed by atoms with E-state index in [0.717, 1.165) is 31.0 Å². The molecule has 15 heavy (non-hydrogen) atoms. The fourth-order valence-corrected chi connectivity index (χ4v) is 2.70. The molecule has 0 aromatic rings. The number of hydrogen-bond acceptors (Lipinski definition) is 2. The van der Waals surface area contributed by atoms with E-state index in [-0.39, 0.29) is 0 Å². The van der Waals surface area contributed by atoms with Crippen LogP contribution in [0.2, 0.25) is 0 Å². The maximum absolute atomic E-state index is 6.03. The van der Waals surface area contributed by atoms with E-state index in [1.54, 1.807) is 0 Å². The third kappa shape index (κ3) is 3.18. The molecule has 0 aromatic heterocycles. The summed E-state index contributed by atoms with van der Waals surface area (Å²) < 4.78 is 11.2. The fourth-order valence-electron chi connectivity index (χ4n) is 2.70. The van der Waals surface area contributed by atoms with Crippen molar-refractivity contribution >= 4 is 0 Å². The van der Waals surface area contributed by atoms with Crippen LogP contribution in [0.5, 0.6) is 0 Å². The van der Waals surface area contributed by atoms with Gasteiger partial charge in [0, 0.05) is 0 Å². The smallest absolute Gasteiger partial charge is 0.104 e. The lowest BCUT2D eigenvalue weighted by molar-refractivity contribution is -0.0430. The first kappa shape index (κ1) is 11.4. The molecular weight excluding hydrogens is 188 g/mol. The van der Waals surface area contributed by atoms with Gasteiger partial charge in [0.05, 0.1) is 19.3 Å². The zero-order valence-electron chi connectivity index (χ0n) is 10.2. The van der Waals surface area contributed by atoms with E-state index in [9.17, 15) is 0 Å². The van der Waals surface area contributed by atoms with Gasteiger partial charge in [-0.05, 0) is 30.6 Å². The Morgan fingerprint density at radius 2 is 2.07 bits per heavy atom. The highest BCUT2D eigenvalue weighted by atomic mass is 16.6. The molecular formula is C13H24O2. The van der Waals surface area contributed by atoms with Crippen LogP contribution in [0.1, 0.15) is 40.0 Å². The van der Waals surface area contributed by atoms with Crippen LogP contribution in [0.4, 0.5) is 0 Å². The lowest BCUT2D eigenvalue weighted by Crippen LogP contribution is -2.35. The van der Waals surface area contributed by atoms with Gasteiger partial charge in [-0.1, -0.05) is 27.2 Å². The third-order valence-electron chi connectivity index (χ3n) is 3.86. The molecule has 0 amide bonds. The van der Waals surface area contributed by atoms with Crippen molar-refractivity contribution in [1.82, 2.24) is 0 Å². The molecule has 3 unspecified atom stereocenters. The van der Waals surface area contributed by atoms with Gasteiger partial charge in [0.15, 0.2) is 0 Å². The third-order valence-corrected chi connectivity index (χ3v) is 3.86. The summed E-state index contributed by atoms with van der Waals surface area (Å²) >= 11 is 0. The molecule has 2 rings (SSSR count). The molecule has 2 nitrogen and oxygen atoms in total. The van der Waals surface area contributed by atoms with Crippen LogP contribution >= 0.6 is 0 Å². The SMILES string of the molecule is CC1CC[C@H](C(C)C)C(OCC2CO2)C1. The van der Waals surface area contributed by atoms with Gasteiger partial charge < -0.3 is 9.47 Å². The highest BCUT2D eigenvalue weighted by Gasteiger charge is 2.33. The van der Waals surface area contributed by atoms with Crippen LogP contribution in [0.15, 0.2) is 0 Å². The van der Waals surface area contributed by atoms with Gasteiger partial charge >= 0.3 is 0 Å². The van der Waals surface area contributed by atoms with Crippen molar-refractivity contribution in [2.45, 2.75) is 52.2 Å². The molecule has 2 aliphatic rings. The molecule has 0 aromatic carbocycles. The van der Waals surface area contributed by atoms with E-state index in [4.69, 9.17) is 9.47 Å². The second-order valence-electron chi connectivity index (χ2n) is 5.65. The zero-order valence-corrected chi connectivity index (χ0v) is 10.2. The molecule has 1 saturated heterocycles. The number of rotatable bonds is 4. The van der Waals surface area contributed by atoms with Crippen LogP contribution in [0.25, 0.3) is 0 Å². The molecule has 2 fully saturated rings. The van der Waals surface area contributed by atoms with Gasteiger partial charge in [-0.2, -0.15) is 0 Å². The Labute approximate surface area is 93.3 Å². The second kappa shape index (κ2) is 4.84. The van der Waals surface area contributed by atoms with E-state index in [1.165, 1.54) is 19.3 Å². The first-order valence-electron chi connectivity index (χ1n) is 6.40. The van der Waals surface area contributed by atoms with Gasteiger partial charge in [0.25, 0.3) is 0 Å². The highest BCUT2D eigenvalue weighted by Crippen LogP contribution is 2.35. The molecule has 1 aliphatic carbocycles. The van der Waals surface area contributed by atoms with E-state index in [1.807, 2.05) is 0 Å². The summed E-state index contributed by atoms with van der Waals surface area (Å²) in [6.07, 6.45) is 4.86. The lowest BCUT2D eigenvalue weighted by atomic mass is 9.75. The summed E-state index contributed by atoms with van der Waals surface area (Å²) in [4.78, 5) is 0. The monoisotopic (exact) mass is 212 g/mol. The van der Waals surface area contributed by atoms with Crippen LogP contribution in [-0.4, -0.2) is 25.4 Å². The Hall–Kier alpha value is -0.0800. The standard InChI is InChI=1S/C13H24O2/c1-9(2)12-5-4-10(3)6-13(12)15-8-11-7-14-11/h9-13H,4-8H2,1-3H3/t10?,11?,12-,13?/m1/s1. The first-order valence-corrected chi connectivity index (χ1v) is 6.40. The maximum Gasteiger partial charge on any atom is 0.104 e. The predicted molar refractivity (Wildman–Crippen MR) is 60.8 cm³/mol. The normalized spacial score (nSPS) is 40.8. The summed E-state index contributed by atoms with van der Waals surface area (Å²) in [5.41, 5.74) is 0. The molecule has 0 N–H and O–H groups in total. The molecule has 1 heterocycles. The number of ether oxygens (including phenoxy) is 2. The molecule has 0 spiro atoms. The Kier molecular flexibility index (Phi) is 3.68. The molecule has 0 radical (unpaired) electrons. The minimum atomic E-state index is 0.412. The van der Waals surface area contributed by atoms with Crippen molar-refractivity contribution < 1.29 is 9.47 Å². The van der Waals surface area contributed by atoms with Crippen molar-refractivity contribution in [2.75, 3.05) is 13.2 Å². The number of hydrogen-bond donors (Lipinski definition) is 0. The Morgan fingerprint density at radius 3 is 2.67 bits per heavy atom. The Bertz CT molecular complexity index is 199. The Balaban J connectivity index is 1.83. The number of epoxide rings is 1. The van der Waals surface area contributed by atoms with Gasteiger partial charge in [-0.15, -0.1) is 0 Å². The molecule has 2 heteroatoms. The van der Waals surface area contributed by atoms with Gasteiger partial charge in [0.2, 0.25) is 0 Å². The van der Waals surface area contributed by atoms with Crippen molar-refractivity contribution in [2.24, 2.45) is 17.8 Å². The first-order chi connectivity index (χ1) is 7.16. The lowest BCUT2D eigenvalue weighted by Gasteiger charge is -2.37. The second-order valence-corrected chi connectivity index (χ2v) is 5.65. The molecule has 4 atom stereocenters. The van der Waals surface area contributed by atoms with Crippen molar-refractivity contribution in [1.29, 1.82) is 0 Å². The van der Waals surface area contributed by atoms with Gasteiger partial charge in [0.1, 0.15) is 6.10 Å². The van der Waals surface area contributed by atoms with Crippen LogP contribution in [-0.2, 0) is 9.47 Å². The van der Waals surface area contributed by atoms with Crippen LogP contribution in [0.3, 0.4) is 0 Å². The van der Waals surface area contributed by atoms with Crippen LogP contribution in [0, 0.1) is 17.8 Å². The largest absolute Gasteiger partial charge is 0.375 e. The summed E-state index contributed by atoms with van der Waals surface area (Å²) in [5, 5.41) is 0. The topological polar surface area (TPSA) is 21.8 Å². The summed E-state index contributed by atoms with van der Waals surface area (Å²) in [6, 6.07) is 0. The van der Waals surface area contributed by atoms with E-state index < -0.39 is 0 Å². The minimum Gasteiger partial charge on any atom is -0.375 e. The van der Waals surface area contributed by atoms with Crippen molar-refractivity contribution in [3.8, 4) is 0 Å². The summed E-state index contributed by atoms with van der Waals surface area (Å²) in [6.45, 7) is 8.73. The molecule has 1 saturated carbocycles. The maximum atomic E-state index is 6.03. The van der Waals surface area contributed by atoms with Gasteiger partial charge in [-0.3, -0.25) is 0 Å². The zero-order chi connectivity index (χ0) is 10.8. The minimum absolute atomic E-state index is 0.412. The summed E-state index contributed by atoms with van der Waals surface area (Å²) in [5.74, 6) is 2.35. The highest BCUT2D eigenvalue weighted by molar-refractivity contribution is 4.82. The van der Waals surface area contributed by atoms with E-state index in [2.05, 4.69) is 20.8 Å². The van der Waals surface area contributed by atoms with Crippen LogP contribution < -0.4 is 0 Å². The van der Waals surface area contributed by atoms with Crippen molar-refractivity contribution in [3.05, 3.63) is 0 Å². The molecule has 88 valence electrons.